The molecule has 2 aliphatic heterocycles. The lowest BCUT2D eigenvalue weighted by molar-refractivity contribution is -0.128. The van der Waals surface area contributed by atoms with Gasteiger partial charge in [0.1, 0.15) is 6.23 Å². The van der Waals surface area contributed by atoms with Crippen LogP contribution in [0.15, 0.2) is 23.0 Å². The van der Waals surface area contributed by atoms with E-state index in [-0.39, 0.29) is 24.1 Å². The van der Waals surface area contributed by atoms with Crippen molar-refractivity contribution in [2.75, 3.05) is 18.0 Å². The number of nitrogens with zero attached hydrogens (tertiary/aromatic N) is 3. The number of carbonyl (C=O) groups excluding carboxylic acids is 1. The predicted octanol–water partition coefficient (Wildman–Crippen LogP) is 0.0706. The van der Waals surface area contributed by atoms with E-state index >= 15 is 0 Å². The number of hydrogen-bond acceptors (Lipinski definition) is 5. The molecule has 2 aromatic rings. The summed E-state index contributed by atoms with van der Waals surface area (Å²) in [7, 11) is 1.73. The fourth-order valence-electron chi connectivity index (χ4n) is 4.14. The Morgan fingerprint density at radius 3 is 2.54 bits per heavy atom. The van der Waals surface area contributed by atoms with Gasteiger partial charge in [0, 0.05) is 26.6 Å². The van der Waals surface area contributed by atoms with Crippen molar-refractivity contribution in [3.63, 3.8) is 0 Å². The normalized spacial score (nSPS) is 24.9. The van der Waals surface area contributed by atoms with E-state index in [2.05, 4.69) is 10.2 Å². The van der Waals surface area contributed by atoms with Gasteiger partial charge in [0.15, 0.2) is 0 Å². The van der Waals surface area contributed by atoms with E-state index in [1.165, 1.54) is 0 Å². The van der Waals surface area contributed by atoms with Crippen molar-refractivity contribution in [2.24, 2.45) is 7.05 Å². The molecule has 1 aromatic carbocycles. The Balaban J connectivity index is 1.81. The Kier molecular flexibility index (Phi) is 4.24. The van der Waals surface area contributed by atoms with Gasteiger partial charge in [-0.25, -0.2) is 4.79 Å². The Labute approximate surface area is 150 Å². The lowest BCUT2D eigenvalue weighted by atomic mass is 10.0. The van der Waals surface area contributed by atoms with Gasteiger partial charge in [-0.1, -0.05) is 6.07 Å². The van der Waals surface area contributed by atoms with Gasteiger partial charge in [-0.15, -0.1) is 0 Å². The number of piperidine rings is 2. The van der Waals surface area contributed by atoms with Crippen molar-refractivity contribution in [1.29, 1.82) is 0 Å². The van der Waals surface area contributed by atoms with E-state index in [0.29, 0.717) is 19.3 Å². The van der Waals surface area contributed by atoms with Crippen molar-refractivity contribution >= 4 is 22.6 Å². The molecule has 8 heteroatoms. The van der Waals surface area contributed by atoms with Gasteiger partial charge in [-0.2, -0.15) is 0 Å². The van der Waals surface area contributed by atoms with Gasteiger partial charge in [-0.05, 0) is 31.4 Å². The van der Waals surface area contributed by atoms with E-state index in [1.54, 1.807) is 16.2 Å². The van der Waals surface area contributed by atoms with Crippen molar-refractivity contribution in [2.45, 2.75) is 44.1 Å². The van der Waals surface area contributed by atoms with Crippen LogP contribution in [0.2, 0.25) is 0 Å². The summed E-state index contributed by atoms with van der Waals surface area (Å²) in [5.74, 6) is -0.199. The highest BCUT2D eigenvalue weighted by molar-refractivity contribution is 5.90. The number of carbonyl (C=O) groups is 1. The smallest absolute Gasteiger partial charge is 0.329 e. The fraction of sp³-hybridized carbons (Fsp3) is 0.556. The minimum absolute atomic E-state index is 0.199. The minimum atomic E-state index is -1.08. The Morgan fingerprint density at radius 2 is 1.85 bits per heavy atom. The molecule has 0 radical (unpaired) electrons. The first-order valence-electron chi connectivity index (χ1n) is 9.07. The first kappa shape index (κ1) is 17.1. The SMILES string of the molecule is Cn1c(=O)n(C2CCC(=O)NC2O)c2cccc(N3CCC(O)CC3)c21. The highest BCUT2D eigenvalue weighted by Gasteiger charge is 2.32. The Morgan fingerprint density at radius 1 is 1.12 bits per heavy atom. The number of aliphatic hydroxyl groups excluding tert-OH is 2. The maximum absolute atomic E-state index is 12.9. The lowest BCUT2D eigenvalue weighted by Crippen LogP contribution is -2.47. The maximum Gasteiger partial charge on any atom is 0.329 e. The Hall–Kier alpha value is -2.32. The molecule has 4 rings (SSSR count). The number of fused-ring (bicyclic) bond motifs is 1. The molecule has 0 aliphatic carbocycles. The quantitative estimate of drug-likeness (QED) is 0.704. The number of aliphatic hydroxyl groups is 2. The summed E-state index contributed by atoms with van der Waals surface area (Å²) in [6.45, 7) is 1.48. The van der Waals surface area contributed by atoms with E-state index < -0.39 is 12.3 Å². The molecule has 0 saturated carbocycles. The van der Waals surface area contributed by atoms with Crippen LogP contribution in [-0.4, -0.2) is 50.7 Å². The van der Waals surface area contributed by atoms with Crippen LogP contribution in [0.5, 0.6) is 0 Å². The topological polar surface area (TPSA) is 99.7 Å². The zero-order valence-corrected chi connectivity index (χ0v) is 14.8. The molecule has 2 fully saturated rings. The van der Waals surface area contributed by atoms with Crippen molar-refractivity contribution < 1.29 is 15.0 Å². The van der Waals surface area contributed by atoms with Gasteiger partial charge in [0.05, 0.1) is 28.9 Å². The summed E-state index contributed by atoms with van der Waals surface area (Å²) < 4.78 is 3.21. The zero-order valence-electron chi connectivity index (χ0n) is 14.8. The second-order valence-corrected chi connectivity index (χ2v) is 7.19. The fourth-order valence-corrected chi connectivity index (χ4v) is 4.14. The van der Waals surface area contributed by atoms with Crippen LogP contribution in [0.4, 0.5) is 5.69 Å². The molecule has 2 saturated heterocycles. The monoisotopic (exact) mass is 360 g/mol. The number of imidazole rings is 1. The molecule has 1 aromatic heterocycles. The number of anilines is 1. The van der Waals surface area contributed by atoms with Crippen LogP contribution in [0.1, 0.15) is 31.7 Å². The van der Waals surface area contributed by atoms with E-state index in [9.17, 15) is 19.8 Å². The molecule has 140 valence electrons. The molecule has 2 unspecified atom stereocenters. The van der Waals surface area contributed by atoms with Gasteiger partial charge >= 0.3 is 5.69 Å². The van der Waals surface area contributed by atoms with E-state index in [1.807, 2.05) is 18.2 Å². The third-order valence-electron chi connectivity index (χ3n) is 5.56. The first-order chi connectivity index (χ1) is 12.5. The van der Waals surface area contributed by atoms with Crippen LogP contribution in [0.25, 0.3) is 11.0 Å². The summed E-state index contributed by atoms with van der Waals surface area (Å²) in [5, 5.41) is 22.6. The van der Waals surface area contributed by atoms with E-state index in [4.69, 9.17) is 0 Å². The van der Waals surface area contributed by atoms with Crippen molar-refractivity contribution in [3.05, 3.63) is 28.7 Å². The number of hydrogen-bond donors (Lipinski definition) is 3. The van der Waals surface area contributed by atoms with Crippen LogP contribution >= 0.6 is 0 Å². The molecular formula is C18H24N4O4. The molecule has 2 aliphatic rings. The second-order valence-electron chi connectivity index (χ2n) is 7.19. The molecule has 3 N–H and O–H groups in total. The molecule has 0 bridgehead atoms. The average molecular weight is 360 g/mol. The summed E-state index contributed by atoms with van der Waals surface area (Å²) in [5.41, 5.74) is 2.33. The van der Waals surface area contributed by atoms with Gasteiger partial charge < -0.3 is 20.4 Å². The molecule has 3 heterocycles. The standard InChI is InChI=1S/C18H24N4O4/c1-20-16-12(21-9-7-11(23)8-10-21)3-2-4-13(16)22(18(20)26)14-5-6-15(24)19-17(14)25/h2-4,11,14,17,23,25H,5-10H2,1H3,(H,19,24). The second kappa shape index (κ2) is 6.44. The number of nitrogens with one attached hydrogen (secondary N) is 1. The van der Waals surface area contributed by atoms with Crippen molar-refractivity contribution in [3.8, 4) is 0 Å². The number of para-hydroxylation sites is 1. The summed E-state index contributed by atoms with van der Waals surface area (Å²) in [6, 6.07) is 5.29. The van der Waals surface area contributed by atoms with E-state index in [0.717, 1.165) is 29.8 Å². The summed E-state index contributed by atoms with van der Waals surface area (Å²) in [6.07, 6.45) is 0.783. The highest BCUT2D eigenvalue weighted by atomic mass is 16.3. The summed E-state index contributed by atoms with van der Waals surface area (Å²) >= 11 is 0. The maximum atomic E-state index is 12.9. The molecule has 0 spiro atoms. The molecule has 8 nitrogen and oxygen atoms in total. The third kappa shape index (κ3) is 2.69. The zero-order chi connectivity index (χ0) is 18.4. The highest BCUT2D eigenvalue weighted by Crippen LogP contribution is 2.31. The lowest BCUT2D eigenvalue weighted by Gasteiger charge is -2.32. The third-order valence-corrected chi connectivity index (χ3v) is 5.56. The van der Waals surface area contributed by atoms with Crippen molar-refractivity contribution in [1.82, 2.24) is 14.5 Å². The summed E-state index contributed by atoms with van der Waals surface area (Å²) in [4.78, 5) is 26.6. The number of rotatable bonds is 2. The van der Waals surface area contributed by atoms with Gasteiger partial charge in [0.2, 0.25) is 5.91 Å². The molecular weight excluding hydrogens is 336 g/mol. The molecule has 26 heavy (non-hydrogen) atoms. The van der Waals surface area contributed by atoms with Crippen LogP contribution in [0.3, 0.4) is 0 Å². The average Bonchev–Trinajstić information content (AvgIpc) is 2.87. The molecule has 2 atom stereocenters. The van der Waals surface area contributed by atoms with Crippen LogP contribution in [-0.2, 0) is 11.8 Å². The van der Waals surface area contributed by atoms with Gasteiger partial charge in [-0.3, -0.25) is 13.9 Å². The van der Waals surface area contributed by atoms with Crippen LogP contribution in [0, 0.1) is 0 Å². The number of amides is 1. The predicted molar refractivity (Wildman–Crippen MR) is 97.1 cm³/mol. The number of aromatic nitrogens is 2. The molecule has 1 amide bonds. The van der Waals surface area contributed by atoms with Gasteiger partial charge in [0.25, 0.3) is 0 Å². The van der Waals surface area contributed by atoms with Crippen LogP contribution < -0.4 is 15.9 Å². The number of benzene rings is 1. The first-order valence-corrected chi connectivity index (χ1v) is 9.07. The minimum Gasteiger partial charge on any atom is -0.393 e. The largest absolute Gasteiger partial charge is 0.393 e. The Bertz CT molecular complexity index is 894. The number of aryl methyl sites for hydroxylation is 1.